The summed E-state index contributed by atoms with van der Waals surface area (Å²) in [6.45, 7) is 0. The molecule has 1 fully saturated rings. The summed E-state index contributed by atoms with van der Waals surface area (Å²) in [5.74, 6) is 0.301. The third-order valence-electron chi connectivity index (χ3n) is 5.24. The molecule has 0 saturated heterocycles. The summed E-state index contributed by atoms with van der Waals surface area (Å²) in [6, 6.07) is 3.69. The summed E-state index contributed by atoms with van der Waals surface area (Å²) < 4.78 is 15.4. The highest BCUT2D eigenvalue weighted by Gasteiger charge is 2.37. The molecule has 0 aliphatic heterocycles. The van der Waals surface area contributed by atoms with Crippen LogP contribution in [0.15, 0.2) is 29.2 Å². The van der Waals surface area contributed by atoms with Crippen molar-refractivity contribution >= 4 is 51.7 Å². The molecule has 5 rings (SSSR count). The first kappa shape index (κ1) is 20.5. The smallest absolute Gasteiger partial charge is 0.268 e. The van der Waals surface area contributed by atoms with Gasteiger partial charge in [-0.25, -0.2) is 13.9 Å². The van der Waals surface area contributed by atoms with Crippen molar-refractivity contribution in [3.05, 3.63) is 56.4 Å². The van der Waals surface area contributed by atoms with E-state index in [1.54, 1.807) is 6.07 Å². The molecule has 32 heavy (non-hydrogen) atoms. The Labute approximate surface area is 189 Å². The van der Waals surface area contributed by atoms with Crippen LogP contribution in [0, 0.1) is 11.7 Å². The van der Waals surface area contributed by atoms with Gasteiger partial charge in [-0.15, -0.1) is 0 Å². The quantitative estimate of drug-likeness (QED) is 0.343. The van der Waals surface area contributed by atoms with E-state index in [0.29, 0.717) is 11.6 Å². The van der Waals surface area contributed by atoms with Gasteiger partial charge in [-0.05, 0) is 30.9 Å². The van der Waals surface area contributed by atoms with Crippen LogP contribution >= 0.6 is 23.2 Å². The average molecular weight is 476 g/mol. The topological polar surface area (TPSA) is 153 Å². The van der Waals surface area contributed by atoms with Crippen molar-refractivity contribution < 1.29 is 4.39 Å². The summed E-state index contributed by atoms with van der Waals surface area (Å²) in [7, 11) is 0. The van der Waals surface area contributed by atoms with Gasteiger partial charge in [0.05, 0.1) is 28.2 Å². The molecule has 0 bridgehead atoms. The predicted molar refractivity (Wildman–Crippen MR) is 119 cm³/mol. The number of fused-ring (bicyclic) bond motifs is 1. The highest BCUT2D eigenvalue weighted by Crippen LogP contribution is 2.43. The zero-order valence-electron chi connectivity index (χ0n) is 16.3. The van der Waals surface area contributed by atoms with Crippen molar-refractivity contribution in [2.24, 2.45) is 5.92 Å². The lowest BCUT2D eigenvalue weighted by Gasteiger charge is -2.23. The molecular weight excluding hydrogens is 460 g/mol. The van der Waals surface area contributed by atoms with Crippen LogP contribution in [0.2, 0.25) is 10.0 Å². The van der Waals surface area contributed by atoms with E-state index in [9.17, 15) is 9.18 Å². The van der Waals surface area contributed by atoms with Crippen molar-refractivity contribution in [1.82, 2.24) is 29.7 Å². The molecule has 4 aromatic rings. The van der Waals surface area contributed by atoms with Gasteiger partial charge in [-0.2, -0.15) is 15.1 Å². The maximum atomic E-state index is 14.1. The molecule has 0 spiro atoms. The molecule has 1 saturated carbocycles. The maximum absolute atomic E-state index is 14.1. The number of halogens is 3. The van der Waals surface area contributed by atoms with Gasteiger partial charge < -0.3 is 16.8 Å². The van der Waals surface area contributed by atoms with Gasteiger partial charge in [-0.3, -0.25) is 9.89 Å². The summed E-state index contributed by atoms with van der Waals surface area (Å²) in [5.41, 5.74) is 11.3. The van der Waals surface area contributed by atoms with E-state index in [4.69, 9.17) is 34.7 Å². The van der Waals surface area contributed by atoms with Crippen LogP contribution in [0.1, 0.15) is 24.7 Å². The van der Waals surface area contributed by atoms with Gasteiger partial charge in [0.25, 0.3) is 5.56 Å². The van der Waals surface area contributed by atoms with Gasteiger partial charge >= 0.3 is 0 Å². The van der Waals surface area contributed by atoms with E-state index in [0.717, 1.165) is 12.8 Å². The van der Waals surface area contributed by atoms with Crippen LogP contribution in [0.4, 0.5) is 22.0 Å². The standard InChI is InChI=1S/C19H16Cl2FN9O/c20-12-8(22)3-4-9-11(12)18(32)31(10-5-6-25-30-10)17(26-9)14(7-1-2-7)27-16-13(21)15(23)28-19(24)29-16/h3-7,14H,1-2H2,(H,25,30)(H5,23,24,27,28,29). The van der Waals surface area contributed by atoms with E-state index in [1.807, 2.05) is 0 Å². The Bertz CT molecular complexity index is 1400. The normalized spacial score (nSPS) is 14.6. The number of anilines is 3. The van der Waals surface area contributed by atoms with Crippen LogP contribution in [-0.4, -0.2) is 29.7 Å². The Morgan fingerprint density at radius 3 is 2.62 bits per heavy atom. The van der Waals surface area contributed by atoms with Gasteiger partial charge in [0, 0.05) is 6.07 Å². The fraction of sp³-hybridized carbons (Fsp3) is 0.211. The molecule has 10 nitrogen and oxygen atoms in total. The number of aromatic amines is 1. The van der Waals surface area contributed by atoms with Crippen molar-refractivity contribution in [2.75, 3.05) is 16.8 Å². The van der Waals surface area contributed by atoms with Crippen LogP contribution in [0.5, 0.6) is 0 Å². The number of nitrogen functional groups attached to an aromatic ring is 2. The maximum Gasteiger partial charge on any atom is 0.268 e. The van der Waals surface area contributed by atoms with E-state index in [-0.39, 0.29) is 44.5 Å². The molecule has 164 valence electrons. The lowest BCUT2D eigenvalue weighted by atomic mass is 10.1. The average Bonchev–Trinajstić information content (AvgIpc) is 3.46. The minimum absolute atomic E-state index is 0.0240. The summed E-state index contributed by atoms with van der Waals surface area (Å²) in [4.78, 5) is 26.2. The zero-order chi connectivity index (χ0) is 22.6. The molecular formula is C19H16Cl2FN9O. The van der Waals surface area contributed by atoms with Crippen molar-refractivity contribution in [2.45, 2.75) is 18.9 Å². The zero-order valence-corrected chi connectivity index (χ0v) is 17.8. The molecule has 0 radical (unpaired) electrons. The second-order valence-electron chi connectivity index (χ2n) is 7.40. The second-order valence-corrected chi connectivity index (χ2v) is 8.15. The Morgan fingerprint density at radius 2 is 1.94 bits per heavy atom. The Kier molecular flexibility index (Phi) is 4.86. The number of H-pyrrole nitrogens is 1. The lowest BCUT2D eigenvalue weighted by Crippen LogP contribution is -2.30. The first-order chi connectivity index (χ1) is 15.3. The Hall–Kier alpha value is -3.44. The minimum atomic E-state index is -0.711. The van der Waals surface area contributed by atoms with Gasteiger partial charge in [0.2, 0.25) is 5.95 Å². The number of nitrogens with one attached hydrogen (secondary N) is 2. The summed E-state index contributed by atoms with van der Waals surface area (Å²) in [6.07, 6.45) is 3.25. The Balaban J connectivity index is 1.75. The van der Waals surface area contributed by atoms with E-state index >= 15 is 0 Å². The number of hydrogen-bond donors (Lipinski definition) is 4. The third kappa shape index (κ3) is 3.39. The van der Waals surface area contributed by atoms with Crippen molar-refractivity contribution in [3.63, 3.8) is 0 Å². The predicted octanol–water partition coefficient (Wildman–Crippen LogP) is 3.07. The molecule has 3 aromatic heterocycles. The highest BCUT2D eigenvalue weighted by molar-refractivity contribution is 6.35. The number of hydrogen-bond acceptors (Lipinski definition) is 8. The molecule has 1 aliphatic rings. The van der Waals surface area contributed by atoms with Crippen LogP contribution in [-0.2, 0) is 0 Å². The molecule has 1 atom stereocenters. The molecule has 13 heteroatoms. The van der Waals surface area contributed by atoms with E-state index in [2.05, 4.69) is 30.5 Å². The SMILES string of the molecule is Nc1nc(N)c(Cl)c(NC(c2nc3ccc(F)c(Cl)c3c(=O)n2-c2ccn[nH]2)C2CC2)n1. The second kappa shape index (κ2) is 7.61. The summed E-state index contributed by atoms with van der Waals surface area (Å²) in [5, 5.41) is 9.68. The number of aromatic nitrogens is 6. The van der Waals surface area contributed by atoms with Gasteiger partial charge in [0.15, 0.2) is 5.82 Å². The van der Waals surface area contributed by atoms with E-state index < -0.39 is 17.4 Å². The number of nitrogens with two attached hydrogens (primary N) is 2. The Morgan fingerprint density at radius 1 is 1.16 bits per heavy atom. The van der Waals surface area contributed by atoms with Crippen LogP contribution < -0.4 is 22.3 Å². The first-order valence-electron chi connectivity index (χ1n) is 9.60. The van der Waals surface area contributed by atoms with Crippen molar-refractivity contribution in [3.8, 4) is 5.82 Å². The number of nitrogens with zero attached hydrogens (tertiary/aromatic N) is 5. The van der Waals surface area contributed by atoms with Crippen LogP contribution in [0.3, 0.4) is 0 Å². The molecule has 3 heterocycles. The third-order valence-corrected chi connectivity index (χ3v) is 5.98. The molecule has 6 N–H and O–H groups in total. The number of benzene rings is 1. The fourth-order valence-electron chi connectivity index (χ4n) is 3.59. The minimum Gasteiger partial charge on any atom is -0.382 e. The highest BCUT2D eigenvalue weighted by atomic mass is 35.5. The largest absolute Gasteiger partial charge is 0.382 e. The number of rotatable bonds is 5. The molecule has 1 unspecified atom stereocenters. The summed E-state index contributed by atoms with van der Waals surface area (Å²) >= 11 is 12.4. The molecule has 0 amide bonds. The fourth-order valence-corrected chi connectivity index (χ4v) is 3.97. The van der Waals surface area contributed by atoms with Crippen molar-refractivity contribution in [1.29, 1.82) is 0 Å². The van der Waals surface area contributed by atoms with Crippen LogP contribution in [0.25, 0.3) is 16.7 Å². The molecule has 1 aromatic carbocycles. The monoisotopic (exact) mass is 475 g/mol. The van der Waals surface area contributed by atoms with Gasteiger partial charge in [-0.1, -0.05) is 23.2 Å². The first-order valence-corrected chi connectivity index (χ1v) is 10.4. The lowest BCUT2D eigenvalue weighted by molar-refractivity contribution is 0.604. The van der Waals surface area contributed by atoms with E-state index in [1.165, 1.54) is 22.9 Å². The van der Waals surface area contributed by atoms with Gasteiger partial charge in [0.1, 0.15) is 28.3 Å². The molecule has 1 aliphatic carbocycles.